The largest absolute Gasteiger partial charge is 0.497 e. The number of carbonyl (C=O) groups excluding carboxylic acids is 2. The second kappa shape index (κ2) is 8.88. The van der Waals surface area contributed by atoms with Gasteiger partial charge in [0.15, 0.2) is 6.61 Å². The van der Waals surface area contributed by atoms with Crippen molar-refractivity contribution in [3.05, 3.63) is 58.3 Å². The summed E-state index contributed by atoms with van der Waals surface area (Å²) >= 11 is 1.58. The van der Waals surface area contributed by atoms with Gasteiger partial charge in [-0.2, -0.15) is 11.3 Å². The van der Waals surface area contributed by atoms with Crippen LogP contribution in [0.15, 0.2) is 47.2 Å². The van der Waals surface area contributed by atoms with E-state index in [-0.39, 0.29) is 12.5 Å². The topological polar surface area (TPSA) is 55.8 Å². The van der Waals surface area contributed by atoms with E-state index in [0.717, 1.165) is 11.1 Å². The lowest BCUT2D eigenvalue weighted by Gasteiger charge is -2.15. The number of carbonyl (C=O) groups is 2. The number of nitrogens with zero attached hydrogens (tertiary/aromatic N) is 1. The Morgan fingerprint density at radius 2 is 2.12 bits per heavy atom. The van der Waals surface area contributed by atoms with Gasteiger partial charge in [0.1, 0.15) is 5.75 Å². The van der Waals surface area contributed by atoms with E-state index in [1.54, 1.807) is 37.6 Å². The van der Waals surface area contributed by atoms with Crippen molar-refractivity contribution in [2.45, 2.75) is 6.54 Å². The molecule has 0 saturated heterocycles. The van der Waals surface area contributed by atoms with E-state index >= 15 is 0 Å². The van der Waals surface area contributed by atoms with Crippen LogP contribution in [0.5, 0.6) is 5.75 Å². The van der Waals surface area contributed by atoms with Gasteiger partial charge < -0.3 is 14.4 Å². The molecule has 1 amide bonds. The summed E-state index contributed by atoms with van der Waals surface area (Å²) < 4.78 is 10.1. The summed E-state index contributed by atoms with van der Waals surface area (Å²) in [5.41, 5.74) is 1.87. The lowest BCUT2D eigenvalue weighted by Crippen LogP contribution is -2.30. The van der Waals surface area contributed by atoms with Crippen LogP contribution in [0.1, 0.15) is 11.1 Å². The minimum atomic E-state index is -0.560. The van der Waals surface area contributed by atoms with Crippen molar-refractivity contribution < 1.29 is 19.1 Å². The fourth-order valence-corrected chi connectivity index (χ4v) is 2.61. The highest BCUT2D eigenvalue weighted by molar-refractivity contribution is 7.07. The molecule has 2 rings (SSSR count). The first-order valence-corrected chi connectivity index (χ1v) is 8.26. The van der Waals surface area contributed by atoms with Gasteiger partial charge in [0.05, 0.1) is 7.11 Å². The zero-order valence-corrected chi connectivity index (χ0v) is 14.4. The first-order valence-electron chi connectivity index (χ1n) is 7.32. The highest BCUT2D eigenvalue weighted by Gasteiger charge is 2.11. The van der Waals surface area contributed by atoms with Crippen molar-refractivity contribution >= 4 is 29.3 Å². The molecule has 0 aliphatic heterocycles. The number of likely N-dealkylation sites (N-methyl/N-ethyl adjacent to an activating group) is 1. The average molecular weight is 345 g/mol. The molecule has 0 saturated carbocycles. The Bertz CT molecular complexity index is 710. The number of benzene rings is 1. The molecule has 0 aliphatic carbocycles. The second-order valence-corrected chi connectivity index (χ2v) is 5.88. The number of ether oxygens (including phenoxy) is 2. The van der Waals surface area contributed by atoms with Crippen molar-refractivity contribution in [2.24, 2.45) is 0 Å². The number of hydrogen-bond acceptors (Lipinski definition) is 5. The van der Waals surface area contributed by atoms with Crippen molar-refractivity contribution in [1.29, 1.82) is 0 Å². The molecule has 0 aliphatic rings. The van der Waals surface area contributed by atoms with Crippen molar-refractivity contribution in [2.75, 3.05) is 20.8 Å². The van der Waals surface area contributed by atoms with Crippen molar-refractivity contribution in [1.82, 2.24) is 4.90 Å². The number of amides is 1. The molecule has 126 valence electrons. The maximum absolute atomic E-state index is 11.9. The molecule has 24 heavy (non-hydrogen) atoms. The number of thiophene rings is 1. The monoisotopic (exact) mass is 345 g/mol. The quantitative estimate of drug-likeness (QED) is 0.572. The highest BCUT2D eigenvalue weighted by Crippen LogP contribution is 2.13. The van der Waals surface area contributed by atoms with E-state index in [9.17, 15) is 9.59 Å². The van der Waals surface area contributed by atoms with E-state index < -0.39 is 5.97 Å². The smallest absolute Gasteiger partial charge is 0.331 e. The van der Waals surface area contributed by atoms with E-state index in [4.69, 9.17) is 9.47 Å². The first-order chi connectivity index (χ1) is 11.6. The summed E-state index contributed by atoms with van der Waals surface area (Å²) in [5, 5.41) is 3.93. The Hall–Kier alpha value is -2.60. The molecule has 0 unspecified atom stereocenters. The molecule has 0 atom stereocenters. The van der Waals surface area contributed by atoms with Crippen LogP contribution in [0.4, 0.5) is 0 Å². The van der Waals surface area contributed by atoms with Gasteiger partial charge in [0, 0.05) is 19.7 Å². The zero-order chi connectivity index (χ0) is 17.4. The standard InChI is InChI=1S/C18H19NO4S/c1-19(11-15-8-9-24-13-15)17(20)12-23-18(21)7-6-14-4-3-5-16(10-14)22-2/h3-10,13H,11-12H2,1-2H3/b7-6+. The van der Waals surface area contributed by atoms with Gasteiger partial charge in [-0.1, -0.05) is 12.1 Å². The van der Waals surface area contributed by atoms with Gasteiger partial charge in [0.25, 0.3) is 5.91 Å². The van der Waals surface area contributed by atoms with Gasteiger partial charge in [-0.3, -0.25) is 4.79 Å². The molecule has 0 N–H and O–H groups in total. The predicted molar refractivity (Wildman–Crippen MR) is 93.8 cm³/mol. The van der Waals surface area contributed by atoms with Crippen LogP contribution in [-0.4, -0.2) is 37.5 Å². The van der Waals surface area contributed by atoms with E-state index in [0.29, 0.717) is 12.3 Å². The summed E-state index contributed by atoms with van der Waals surface area (Å²) in [7, 11) is 3.26. The van der Waals surface area contributed by atoms with E-state index in [2.05, 4.69) is 0 Å². The van der Waals surface area contributed by atoms with Crippen LogP contribution >= 0.6 is 11.3 Å². The molecule has 0 radical (unpaired) electrons. The third-order valence-corrected chi connectivity index (χ3v) is 4.00. The Kier molecular flexibility index (Phi) is 6.57. The van der Waals surface area contributed by atoms with Crippen LogP contribution in [0.2, 0.25) is 0 Å². The molecular formula is C18H19NO4S. The molecule has 0 fully saturated rings. The van der Waals surface area contributed by atoms with Gasteiger partial charge in [-0.05, 0) is 46.2 Å². The molecular weight excluding hydrogens is 326 g/mol. The Labute approximate surface area is 145 Å². The Balaban J connectivity index is 1.79. The van der Waals surface area contributed by atoms with Crippen LogP contribution < -0.4 is 4.74 Å². The summed E-state index contributed by atoms with van der Waals surface area (Å²) in [4.78, 5) is 25.2. The second-order valence-electron chi connectivity index (χ2n) is 5.10. The lowest BCUT2D eigenvalue weighted by atomic mass is 10.2. The number of hydrogen-bond donors (Lipinski definition) is 0. The number of methoxy groups -OCH3 is 1. The van der Waals surface area contributed by atoms with Gasteiger partial charge in [0.2, 0.25) is 0 Å². The van der Waals surface area contributed by atoms with Gasteiger partial charge >= 0.3 is 5.97 Å². The summed E-state index contributed by atoms with van der Waals surface area (Å²) in [5.74, 6) is -0.102. The zero-order valence-electron chi connectivity index (χ0n) is 13.6. The summed E-state index contributed by atoms with van der Waals surface area (Å²) in [6.45, 7) is 0.224. The minimum Gasteiger partial charge on any atom is -0.497 e. The van der Waals surface area contributed by atoms with E-state index in [1.807, 2.05) is 35.0 Å². The van der Waals surface area contributed by atoms with Crippen LogP contribution in [0.3, 0.4) is 0 Å². The maximum atomic E-state index is 11.9. The molecule has 1 aromatic carbocycles. The van der Waals surface area contributed by atoms with Crippen molar-refractivity contribution in [3.63, 3.8) is 0 Å². The molecule has 0 spiro atoms. The van der Waals surface area contributed by atoms with Crippen LogP contribution in [0.25, 0.3) is 6.08 Å². The Morgan fingerprint density at radius 1 is 1.29 bits per heavy atom. The minimum absolute atomic E-state index is 0.246. The summed E-state index contributed by atoms with van der Waals surface area (Å²) in [6, 6.07) is 9.23. The molecule has 5 nitrogen and oxygen atoms in total. The maximum Gasteiger partial charge on any atom is 0.331 e. The summed E-state index contributed by atoms with van der Waals surface area (Å²) in [6.07, 6.45) is 2.91. The highest BCUT2D eigenvalue weighted by atomic mass is 32.1. The fraction of sp³-hybridized carbons (Fsp3) is 0.222. The molecule has 0 bridgehead atoms. The first kappa shape index (κ1) is 17.7. The normalized spacial score (nSPS) is 10.6. The third-order valence-electron chi connectivity index (χ3n) is 3.27. The lowest BCUT2D eigenvalue weighted by molar-refractivity contribution is -0.147. The molecule has 2 aromatic rings. The van der Waals surface area contributed by atoms with Crippen molar-refractivity contribution in [3.8, 4) is 5.75 Å². The number of rotatable bonds is 7. The number of esters is 1. The SMILES string of the molecule is COc1cccc(/C=C/C(=O)OCC(=O)N(C)Cc2ccsc2)c1. The molecule has 6 heteroatoms. The van der Waals surface area contributed by atoms with Gasteiger partial charge in [-0.25, -0.2) is 4.79 Å². The third kappa shape index (κ3) is 5.55. The van der Waals surface area contributed by atoms with Gasteiger partial charge in [-0.15, -0.1) is 0 Å². The fourth-order valence-electron chi connectivity index (χ4n) is 1.95. The average Bonchev–Trinajstić information content (AvgIpc) is 3.10. The Morgan fingerprint density at radius 3 is 2.83 bits per heavy atom. The predicted octanol–water partition coefficient (Wildman–Crippen LogP) is 2.97. The van der Waals surface area contributed by atoms with E-state index in [1.165, 1.54) is 11.0 Å². The molecule has 1 aromatic heterocycles. The van der Waals surface area contributed by atoms with Crippen LogP contribution in [0, 0.1) is 0 Å². The van der Waals surface area contributed by atoms with Crippen LogP contribution in [-0.2, 0) is 20.9 Å². The molecule has 1 heterocycles.